The molecule has 1 amide bonds. The molecule has 41 heavy (non-hydrogen) atoms. The summed E-state index contributed by atoms with van der Waals surface area (Å²) in [6, 6.07) is 13.1. The Bertz CT molecular complexity index is 1370. The second-order valence-electron chi connectivity index (χ2n) is 10.6. The molecule has 4 rings (SSSR count). The lowest BCUT2D eigenvalue weighted by molar-refractivity contribution is -0.138. The van der Waals surface area contributed by atoms with Gasteiger partial charge in [0.25, 0.3) is 0 Å². The van der Waals surface area contributed by atoms with Crippen LogP contribution in [0.5, 0.6) is 17.4 Å². The maximum absolute atomic E-state index is 13.9. The molecule has 1 aliphatic carbocycles. The largest absolute Gasteiger partial charge is 0.491 e. The fourth-order valence-corrected chi connectivity index (χ4v) is 4.92. The fraction of sp³-hybridized carbons (Fsp3) is 0.387. The average molecular weight is 571 g/mol. The molecule has 1 N–H and O–H groups in total. The van der Waals surface area contributed by atoms with Crippen molar-refractivity contribution in [1.29, 1.82) is 0 Å². The first-order valence-electron chi connectivity index (χ1n) is 13.6. The Morgan fingerprint density at radius 2 is 1.68 bits per heavy atom. The van der Waals surface area contributed by atoms with Crippen LogP contribution in [-0.4, -0.2) is 28.1 Å². The second kappa shape index (κ2) is 12.6. The number of pyridine rings is 1. The molecular weight excluding hydrogens is 537 g/mol. The van der Waals surface area contributed by atoms with Gasteiger partial charge in [0.05, 0.1) is 23.9 Å². The van der Waals surface area contributed by atoms with Gasteiger partial charge in [-0.1, -0.05) is 19.1 Å². The Labute approximate surface area is 236 Å². The molecule has 0 unspecified atom stereocenters. The number of alkyl halides is 3. The third-order valence-corrected chi connectivity index (χ3v) is 7.05. The topological polar surface area (TPSA) is 89.0 Å². The van der Waals surface area contributed by atoms with Gasteiger partial charge in [-0.2, -0.15) is 13.2 Å². The number of carboxylic acids is 1. The number of amides is 1. The molecule has 3 aromatic rings. The van der Waals surface area contributed by atoms with E-state index >= 15 is 0 Å². The van der Waals surface area contributed by atoms with Gasteiger partial charge in [-0.3, -0.25) is 4.79 Å². The molecule has 218 valence electrons. The number of ether oxygens (including phenoxy) is 2. The van der Waals surface area contributed by atoms with Crippen LogP contribution in [0, 0.1) is 11.8 Å². The fourth-order valence-electron chi connectivity index (χ4n) is 4.92. The van der Waals surface area contributed by atoms with E-state index in [1.54, 1.807) is 12.1 Å². The molecule has 0 saturated heterocycles. The van der Waals surface area contributed by atoms with Gasteiger partial charge in [0.1, 0.15) is 17.1 Å². The van der Waals surface area contributed by atoms with Crippen molar-refractivity contribution in [3.8, 4) is 17.4 Å². The maximum atomic E-state index is 13.9. The van der Waals surface area contributed by atoms with E-state index in [9.17, 15) is 27.9 Å². The summed E-state index contributed by atoms with van der Waals surface area (Å²) >= 11 is 0. The molecule has 0 atom stereocenters. The van der Waals surface area contributed by atoms with Crippen LogP contribution in [0.1, 0.15) is 67.9 Å². The molecule has 2 aromatic carbocycles. The lowest BCUT2D eigenvalue weighted by Crippen LogP contribution is -2.38. The Kier molecular flexibility index (Phi) is 9.20. The van der Waals surface area contributed by atoms with Gasteiger partial charge < -0.3 is 19.5 Å². The molecule has 1 fully saturated rings. The van der Waals surface area contributed by atoms with E-state index in [0.29, 0.717) is 24.5 Å². The summed E-state index contributed by atoms with van der Waals surface area (Å²) in [6.45, 7) is 6.08. The van der Waals surface area contributed by atoms with E-state index in [-0.39, 0.29) is 41.5 Å². The molecule has 0 aliphatic heterocycles. The number of anilines is 1. The summed E-state index contributed by atoms with van der Waals surface area (Å²) in [5.74, 6) is -1.47. The molecule has 0 spiro atoms. The van der Waals surface area contributed by atoms with Crippen molar-refractivity contribution in [3.05, 3.63) is 77.5 Å². The quantitative estimate of drug-likeness (QED) is 0.283. The number of hydrogen-bond acceptors (Lipinski definition) is 5. The average Bonchev–Trinajstić information content (AvgIpc) is 2.92. The number of rotatable bonds is 9. The van der Waals surface area contributed by atoms with Crippen molar-refractivity contribution in [2.75, 3.05) is 4.90 Å². The monoisotopic (exact) mass is 570 g/mol. The van der Waals surface area contributed by atoms with Crippen LogP contribution in [0.3, 0.4) is 0 Å². The molecule has 10 heteroatoms. The lowest BCUT2D eigenvalue weighted by Gasteiger charge is -2.32. The molecule has 1 heterocycles. The molecule has 7 nitrogen and oxygen atoms in total. The second-order valence-corrected chi connectivity index (χ2v) is 10.6. The zero-order valence-electron chi connectivity index (χ0n) is 23.1. The van der Waals surface area contributed by atoms with Gasteiger partial charge >= 0.3 is 12.1 Å². The van der Waals surface area contributed by atoms with Crippen molar-refractivity contribution < 1.29 is 37.3 Å². The Balaban J connectivity index is 1.70. The summed E-state index contributed by atoms with van der Waals surface area (Å²) in [7, 11) is 0. The number of benzene rings is 2. The zero-order chi connectivity index (χ0) is 29.7. The number of aromatic carboxylic acids is 1. The summed E-state index contributed by atoms with van der Waals surface area (Å²) in [5, 5.41) is 10.1. The van der Waals surface area contributed by atoms with Gasteiger partial charge in [-0.05, 0) is 93.5 Å². The Hall–Kier alpha value is -4.08. The molecule has 0 radical (unpaired) electrons. The van der Waals surface area contributed by atoms with Gasteiger partial charge in [0.15, 0.2) is 0 Å². The summed E-state index contributed by atoms with van der Waals surface area (Å²) in [6.07, 6.45) is -0.381. The van der Waals surface area contributed by atoms with Crippen molar-refractivity contribution in [2.24, 2.45) is 11.8 Å². The molecule has 1 aliphatic rings. The van der Waals surface area contributed by atoms with Crippen molar-refractivity contribution in [2.45, 2.75) is 65.3 Å². The highest BCUT2D eigenvalue weighted by atomic mass is 19.4. The smallest absolute Gasteiger partial charge is 0.421 e. The van der Waals surface area contributed by atoms with E-state index in [2.05, 4.69) is 11.9 Å². The summed E-state index contributed by atoms with van der Waals surface area (Å²) in [5.41, 5.74) is -0.467. The minimum atomic E-state index is -4.71. The van der Waals surface area contributed by atoms with E-state index < -0.39 is 23.6 Å². The Morgan fingerprint density at radius 1 is 1.02 bits per heavy atom. The maximum Gasteiger partial charge on any atom is 0.421 e. The normalized spacial score (nSPS) is 17.2. The van der Waals surface area contributed by atoms with Crippen LogP contribution in [0.4, 0.5) is 18.9 Å². The van der Waals surface area contributed by atoms with Crippen molar-refractivity contribution in [1.82, 2.24) is 4.98 Å². The number of halogens is 3. The number of nitrogens with zero attached hydrogens (tertiary/aromatic N) is 2. The first kappa shape index (κ1) is 29.9. The highest BCUT2D eigenvalue weighted by Crippen LogP contribution is 2.38. The predicted molar refractivity (Wildman–Crippen MR) is 147 cm³/mol. The standard InChI is InChI=1S/C31H33F3N2O5/c1-19(2)40-23-12-8-21(9-13-23)18-36(29(37)22-10-6-20(3)7-11-22)27-15-14-24(17-25(27)30(38)39)41-28-26(31(32,33)34)5-4-16-35-28/h4-5,8-9,12-17,19-20,22H,6-7,10-11,18H2,1-3H3,(H,38,39). The zero-order valence-corrected chi connectivity index (χ0v) is 23.1. The SMILES string of the molecule is CC1CCC(C(=O)N(Cc2ccc(OC(C)C)cc2)c2ccc(Oc3ncccc3C(F)(F)F)cc2C(=O)O)CC1. The van der Waals surface area contributed by atoms with E-state index in [4.69, 9.17) is 9.47 Å². The highest BCUT2D eigenvalue weighted by Gasteiger charge is 2.36. The lowest BCUT2D eigenvalue weighted by atomic mass is 9.82. The summed E-state index contributed by atoms with van der Waals surface area (Å²) in [4.78, 5) is 31.4. The minimum absolute atomic E-state index is 0.00947. The predicted octanol–water partition coefficient (Wildman–Crippen LogP) is 7.74. The van der Waals surface area contributed by atoms with Gasteiger partial charge in [-0.25, -0.2) is 9.78 Å². The molecule has 1 aromatic heterocycles. The van der Waals surface area contributed by atoms with E-state index in [0.717, 1.165) is 42.8 Å². The van der Waals surface area contributed by atoms with Crippen LogP contribution < -0.4 is 14.4 Å². The number of carbonyl (C=O) groups is 2. The van der Waals surface area contributed by atoms with E-state index in [1.807, 2.05) is 26.0 Å². The highest BCUT2D eigenvalue weighted by molar-refractivity contribution is 6.03. The first-order valence-corrected chi connectivity index (χ1v) is 13.6. The van der Waals surface area contributed by atoms with Crippen LogP contribution in [0.2, 0.25) is 0 Å². The van der Waals surface area contributed by atoms with Crippen molar-refractivity contribution >= 4 is 17.6 Å². The third-order valence-electron chi connectivity index (χ3n) is 7.05. The van der Waals surface area contributed by atoms with Gasteiger partial charge in [0.2, 0.25) is 11.8 Å². The number of hydrogen-bond donors (Lipinski definition) is 1. The van der Waals surface area contributed by atoms with Gasteiger partial charge in [-0.15, -0.1) is 0 Å². The molecule has 0 bridgehead atoms. The third kappa shape index (κ3) is 7.56. The summed E-state index contributed by atoms with van der Waals surface area (Å²) < 4.78 is 51.4. The molecule has 1 saturated carbocycles. The number of carbonyl (C=O) groups excluding carboxylic acids is 1. The van der Waals surface area contributed by atoms with Crippen LogP contribution >= 0.6 is 0 Å². The minimum Gasteiger partial charge on any atom is -0.491 e. The first-order chi connectivity index (χ1) is 19.4. The van der Waals surface area contributed by atoms with Crippen LogP contribution in [0.15, 0.2) is 60.8 Å². The van der Waals surface area contributed by atoms with Crippen LogP contribution in [-0.2, 0) is 17.5 Å². The van der Waals surface area contributed by atoms with Gasteiger partial charge in [0, 0.05) is 12.1 Å². The van der Waals surface area contributed by atoms with E-state index in [1.165, 1.54) is 17.0 Å². The number of carboxylic acid groups (broad SMARTS) is 1. The Morgan fingerprint density at radius 3 is 2.29 bits per heavy atom. The van der Waals surface area contributed by atoms with Crippen LogP contribution in [0.25, 0.3) is 0 Å². The van der Waals surface area contributed by atoms with Crippen molar-refractivity contribution in [3.63, 3.8) is 0 Å². The number of aromatic nitrogens is 1. The molecular formula is C31H33F3N2O5.